The Labute approximate surface area is 114 Å². The third kappa shape index (κ3) is 2.32. The van der Waals surface area contributed by atoms with E-state index in [1.54, 1.807) is 19.1 Å². The summed E-state index contributed by atoms with van der Waals surface area (Å²) in [6, 6.07) is 4.57. The van der Waals surface area contributed by atoms with Crippen LogP contribution in [0.2, 0.25) is 0 Å². The molecule has 2 rings (SSSR count). The highest BCUT2D eigenvalue weighted by atomic mass is 19.1. The van der Waals surface area contributed by atoms with Gasteiger partial charge in [0.1, 0.15) is 11.5 Å². The van der Waals surface area contributed by atoms with E-state index in [0.717, 1.165) is 7.11 Å². The number of halogens is 1. The van der Waals surface area contributed by atoms with Gasteiger partial charge in [-0.2, -0.15) is 5.10 Å². The number of hydrogen-bond acceptors (Lipinski definition) is 4. The summed E-state index contributed by atoms with van der Waals surface area (Å²) in [6.45, 7) is 3.24. The highest BCUT2D eigenvalue weighted by Gasteiger charge is 2.17. The summed E-state index contributed by atoms with van der Waals surface area (Å²) in [6.07, 6.45) is 1.39. The standard InChI is InChI=1S/C14H13FN2O3/c1-8-5-4-6-10(15)12(8)17-7-9(2)13(18)11(16-17)14(19)20-3/h4-7H,1-3H3. The Hall–Kier alpha value is -2.50. The van der Waals surface area contributed by atoms with Crippen molar-refractivity contribution in [2.75, 3.05) is 7.11 Å². The van der Waals surface area contributed by atoms with Crippen molar-refractivity contribution in [3.05, 3.63) is 57.3 Å². The van der Waals surface area contributed by atoms with Crippen LogP contribution >= 0.6 is 0 Å². The Bertz CT molecular complexity index is 717. The number of methoxy groups -OCH3 is 1. The molecule has 0 aliphatic rings. The Balaban J connectivity index is 2.74. The Kier molecular flexibility index (Phi) is 3.65. The molecule has 0 unspecified atom stereocenters. The summed E-state index contributed by atoms with van der Waals surface area (Å²) >= 11 is 0. The zero-order valence-corrected chi connectivity index (χ0v) is 11.3. The van der Waals surface area contributed by atoms with Gasteiger partial charge in [-0.3, -0.25) is 4.79 Å². The Morgan fingerprint density at radius 3 is 2.60 bits per heavy atom. The summed E-state index contributed by atoms with van der Waals surface area (Å²) in [4.78, 5) is 23.4. The summed E-state index contributed by atoms with van der Waals surface area (Å²) in [5.41, 5.74) is 0.220. The van der Waals surface area contributed by atoms with Crippen molar-refractivity contribution in [2.45, 2.75) is 13.8 Å². The fourth-order valence-electron chi connectivity index (χ4n) is 1.87. The number of carbonyl (C=O) groups is 1. The van der Waals surface area contributed by atoms with Crippen molar-refractivity contribution in [3.63, 3.8) is 0 Å². The second kappa shape index (κ2) is 5.24. The predicted molar refractivity (Wildman–Crippen MR) is 70.6 cm³/mol. The highest BCUT2D eigenvalue weighted by molar-refractivity contribution is 5.87. The van der Waals surface area contributed by atoms with Gasteiger partial charge in [0.25, 0.3) is 0 Å². The van der Waals surface area contributed by atoms with Gasteiger partial charge in [-0.15, -0.1) is 0 Å². The first-order chi connectivity index (χ1) is 9.45. The summed E-state index contributed by atoms with van der Waals surface area (Å²) in [5, 5.41) is 3.89. The van der Waals surface area contributed by atoms with Crippen LogP contribution in [0.4, 0.5) is 4.39 Å². The van der Waals surface area contributed by atoms with Crippen molar-refractivity contribution in [1.82, 2.24) is 9.78 Å². The van der Waals surface area contributed by atoms with E-state index < -0.39 is 17.2 Å². The quantitative estimate of drug-likeness (QED) is 0.784. The minimum absolute atomic E-state index is 0.195. The van der Waals surface area contributed by atoms with Crippen molar-refractivity contribution >= 4 is 5.97 Å². The molecular formula is C14H13FN2O3. The number of nitrogens with zero attached hydrogens (tertiary/aromatic N) is 2. The Morgan fingerprint density at radius 1 is 1.30 bits per heavy atom. The first kappa shape index (κ1) is 13.9. The minimum Gasteiger partial charge on any atom is -0.464 e. The van der Waals surface area contributed by atoms with Crippen molar-refractivity contribution < 1.29 is 13.9 Å². The zero-order chi connectivity index (χ0) is 14.9. The molecule has 0 bridgehead atoms. The number of para-hydroxylation sites is 1. The lowest BCUT2D eigenvalue weighted by Crippen LogP contribution is -2.25. The van der Waals surface area contributed by atoms with Crippen molar-refractivity contribution in [3.8, 4) is 5.69 Å². The molecule has 1 heterocycles. The first-order valence-corrected chi connectivity index (χ1v) is 5.90. The molecule has 1 aromatic carbocycles. The van der Waals surface area contributed by atoms with Crippen LogP contribution in [-0.2, 0) is 4.74 Å². The molecule has 0 aliphatic carbocycles. The van der Waals surface area contributed by atoms with E-state index in [-0.39, 0.29) is 16.9 Å². The van der Waals surface area contributed by atoms with E-state index in [1.165, 1.54) is 23.9 Å². The van der Waals surface area contributed by atoms with E-state index in [2.05, 4.69) is 9.84 Å². The van der Waals surface area contributed by atoms with Crippen LogP contribution in [0.25, 0.3) is 5.69 Å². The fourth-order valence-corrected chi connectivity index (χ4v) is 1.87. The van der Waals surface area contributed by atoms with Crippen LogP contribution in [0.1, 0.15) is 21.6 Å². The molecule has 1 aromatic heterocycles. The van der Waals surface area contributed by atoms with Crippen LogP contribution in [0.5, 0.6) is 0 Å². The molecule has 6 heteroatoms. The molecule has 0 saturated carbocycles. The third-order valence-electron chi connectivity index (χ3n) is 2.89. The van der Waals surface area contributed by atoms with Crippen LogP contribution < -0.4 is 5.43 Å². The van der Waals surface area contributed by atoms with E-state index in [4.69, 9.17) is 0 Å². The predicted octanol–water partition coefficient (Wildman–Crippen LogP) is 1.78. The lowest BCUT2D eigenvalue weighted by atomic mass is 10.2. The van der Waals surface area contributed by atoms with Gasteiger partial charge < -0.3 is 4.74 Å². The van der Waals surface area contributed by atoms with Gasteiger partial charge in [0.05, 0.1) is 7.11 Å². The third-order valence-corrected chi connectivity index (χ3v) is 2.89. The number of ether oxygens (including phenoxy) is 1. The Morgan fingerprint density at radius 2 is 2.00 bits per heavy atom. The summed E-state index contributed by atoms with van der Waals surface area (Å²) < 4.78 is 19.6. The second-order valence-electron chi connectivity index (χ2n) is 4.33. The van der Waals surface area contributed by atoms with Crippen LogP contribution in [-0.4, -0.2) is 22.9 Å². The van der Waals surface area contributed by atoms with Gasteiger partial charge in [0, 0.05) is 11.8 Å². The maximum atomic E-state index is 13.9. The molecule has 0 spiro atoms. The summed E-state index contributed by atoms with van der Waals surface area (Å²) in [7, 11) is 1.16. The van der Waals surface area contributed by atoms with E-state index >= 15 is 0 Å². The molecule has 0 N–H and O–H groups in total. The average molecular weight is 276 g/mol. The SMILES string of the molecule is COC(=O)c1nn(-c2c(C)cccc2F)cc(C)c1=O. The van der Waals surface area contributed by atoms with Crippen molar-refractivity contribution in [1.29, 1.82) is 0 Å². The smallest absolute Gasteiger partial charge is 0.362 e. The van der Waals surface area contributed by atoms with Gasteiger partial charge in [0.15, 0.2) is 0 Å². The topological polar surface area (TPSA) is 61.2 Å². The fraction of sp³-hybridized carbons (Fsp3) is 0.214. The normalized spacial score (nSPS) is 10.4. The van der Waals surface area contributed by atoms with Gasteiger partial charge in [-0.05, 0) is 25.5 Å². The lowest BCUT2D eigenvalue weighted by molar-refractivity contribution is 0.0590. The van der Waals surface area contributed by atoms with Gasteiger partial charge in [-0.1, -0.05) is 12.1 Å². The molecule has 20 heavy (non-hydrogen) atoms. The zero-order valence-electron chi connectivity index (χ0n) is 11.3. The lowest BCUT2D eigenvalue weighted by Gasteiger charge is -2.11. The minimum atomic E-state index is -0.846. The van der Waals surface area contributed by atoms with Gasteiger partial charge >= 0.3 is 5.97 Å². The number of carbonyl (C=O) groups excluding carboxylic acids is 1. The van der Waals surface area contributed by atoms with Gasteiger partial charge in [0.2, 0.25) is 11.1 Å². The number of aryl methyl sites for hydroxylation is 2. The van der Waals surface area contributed by atoms with Crippen LogP contribution in [0.3, 0.4) is 0 Å². The largest absolute Gasteiger partial charge is 0.464 e. The maximum Gasteiger partial charge on any atom is 0.362 e. The molecular weight excluding hydrogens is 263 g/mol. The highest BCUT2D eigenvalue weighted by Crippen LogP contribution is 2.17. The number of esters is 1. The van der Waals surface area contributed by atoms with E-state index in [0.29, 0.717) is 5.56 Å². The van der Waals surface area contributed by atoms with E-state index in [9.17, 15) is 14.0 Å². The average Bonchev–Trinajstić information content (AvgIpc) is 2.41. The van der Waals surface area contributed by atoms with Crippen molar-refractivity contribution in [2.24, 2.45) is 0 Å². The number of aromatic nitrogens is 2. The monoisotopic (exact) mass is 276 g/mol. The molecule has 0 atom stereocenters. The molecule has 104 valence electrons. The molecule has 0 aliphatic heterocycles. The molecule has 2 aromatic rings. The second-order valence-corrected chi connectivity index (χ2v) is 4.33. The first-order valence-electron chi connectivity index (χ1n) is 5.90. The molecule has 0 radical (unpaired) electrons. The maximum absolute atomic E-state index is 13.9. The van der Waals surface area contributed by atoms with Crippen LogP contribution in [0.15, 0.2) is 29.2 Å². The molecule has 0 amide bonds. The molecule has 0 fully saturated rings. The number of benzene rings is 1. The van der Waals surface area contributed by atoms with Crippen LogP contribution in [0, 0.1) is 19.7 Å². The summed E-state index contributed by atoms with van der Waals surface area (Å²) in [5.74, 6) is -1.34. The van der Waals surface area contributed by atoms with Gasteiger partial charge in [-0.25, -0.2) is 13.9 Å². The molecule has 5 nitrogen and oxygen atoms in total. The number of hydrogen-bond donors (Lipinski definition) is 0. The van der Waals surface area contributed by atoms with E-state index in [1.807, 2.05) is 0 Å². The number of rotatable bonds is 2. The molecule has 0 saturated heterocycles.